The summed E-state index contributed by atoms with van der Waals surface area (Å²) in [7, 11) is 0. The Morgan fingerprint density at radius 2 is 2.00 bits per heavy atom. The lowest BCUT2D eigenvalue weighted by Gasteiger charge is -2.21. The standard InChI is InChI=1S/C16H16BrFN2O/c1-9(10-6-7-14(18)13(17)8-10)15-11-4-2-3-5-12(11)16(21)20-19-15/h6-9H,2-5H2,1H3,(H,20,21). The number of halogens is 2. The van der Waals surface area contributed by atoms with Crippen LogP contribution in [0.5, 0.6) is 0 Å². The Morgan fingerprint density at radius 3 is 2.71 bits per heavy atom. The largest absolute Gasteiger partial charge is 0.268 e. The number of benzene rings is 1. The number of H-pyrrole nitrogens is 1. The van der Waals surface area contributed by atoms with Crippen molar-refractivity contribution in [3.63, 3.8) is 0 Å². The summed E-state index contributed by atoms with van der Waals surface area (Å²) in [5, 5.41) is 6.89. The molecule has 1 aliphatic rings. The smallest absolute Gasteiger partial charge is 0.267 e. The van der Waals surface area contributed by atoms with Crippen molar-refractivity contribution in [2.75, 3.05) is 0 Å². The molecule has 0 spiro atoms. The molecule has 0 amide bonds. The highest BCUT2D eigenvalue weighted by Gasteiger charge is 2.22. The maximum Gasteiger partial charge on any atom is 0.267 e. The van der Waals surface area contributed by atoms with E-state index >= 15 is 0 Å². The van der Waals surface area contributed by atoms with E-state index in [1.54, 1.807) is 12.1 Å². The summed E-state index contributed by atoms with van der Waals surface area (Å²) in [6, 6.07) is 5.00. The summed E-state index contributed by atoms with van der Waals surface area (Å²) in [4.78, 5) is 11.9. The molecule has 3 rings (SSSR count). The van der Waals surface area contributed by atoms with Gasteiger partial charge in [-0.2, -0.15) is 5.10 Å². The van der Waals surface area contributed by atoms with Crippen LogP contribution in [0.1, 0.15) is 48.1 Å². The molecule has 2 aromatic rings. The van der Waals surface area contributed by atoms with E-state index in [9.17, 15) is 9.18 Å². The third-order valence-corrected chi connectivity index (χ3v) is 4.79. The Hall–Kier alpha value is -1.49. The SMILES string of the molecule is CC(c1ccc(F)c(Br)c1)c1n[nH]c(=O)c2c1CCCC2. The predicted octanol–water partition coefficient (Wildman–Crippen LogP) is 3.70. The molecule has 0 aliphatic heterocycles. The van der Waals surface area contributed by atoms with Crippen LogP contribution < -0.4 is 5.56 Å². The van der Waals surface area contributed by atoms with E-state index < -0.39 is 0 Å². The highest BCUT2D eigenvalue weighted by atomic mass is 79.9. The average molecular weight is 351 g/mol. The van der Waals surface area contributed by atoms with Crippen LogP contribution >= 0.6 is 15.9 Å². The molecule has 1 aromatic heterocycles. The molecule has 1 unspecified atom stereocenters. The quantitative estimate of drug-likeness (QED) is 0.897. The van der Waals surface area contributed by atoms with Crippen LogP contribution in [-0.2, 0) is 12.8 Å². The molecular formula is C16H16BrFN2O. The van der Waals surface area contributed by atoms with Gasteiger partial charge in [-0.1, -0.05) is 13.0 Å². The summed E-state index contributed by atoms with van der Waals surface area (Å²) in [5.41, 5.74) is 3.77. The molecule has 1 atom stereocenters. The number of hydrogen-bond donors (Lipinski definition) is 1. The minimum Gasteiger partial charge on any atom is -0.268 e. The van der Waals surface area contributed by atoms with Gasteiger partial charge in [-0.15, -0.1) is 0 Å². The van der Waals surface area contributed by atoms with E-state index in [1.807, 2.05) is 6.92 Å². The highest BCUT2D eigenvalue weighted by Crippen LogP contribution is 2.31. The molecule has 3 nitrogen and oxygen atoms in total. The molecule has 1 aliphatic carbocycles. The number of hydrogen-bond acceptors (Lipinski definition) is 2. The first-order valence-corrected chi connectivity index (χ1v) is 7.92. The Labute approximate surface area is 130 Å². The van der Waals surface area contributed by atoms with Gasteiger partial charge in [0.15, 0.2) is 0 Å². The van der Waals surface area contributed by atoms with Crippen molar-refractivity contribution >= 4 is 15.9 Å². The van der Waals surface area contributed by atoms with Crippen LogP contribution in [0.3, 0.4) is 0 Å². The highest BCUT2D eigenvalue weighted by molar-refractivity contribution is 9.10. The molecule has 1 aromatic carbocycles. The number of aromatic nitrogens is 2. The average Bonchev–Trinajstić information content (AvgIpc) is 2.50. The van der Waals surface area contributed by atoms with Crippen LogP contribution in [0.25, 0.3) is 0 Å². The zero-order valence-electron chi connectivity index (χ0n) is 11.7. The molecule has 0 radical (unpaired) electrons. The van der Waals surface area contributed by atoms with E-state index in [1.165, 1.54) is 6.07 Å². The molecule has 5 heteroatoms. The molecule has 0 fully saturated rings. The van der Waals surface area contributed by atoms with Gasteiger partial charge in [-0.25, -0.2) is 9.49 Å². The lowest BCUT2D eigenvalue weighted by molar-refractivity contribution is 0.618. The van der Waals surface area contributed by atoms with E-state index in [4.69, 9.17) is 0 Å². The molecule has 0 saturated heterocycles. The van der Waals surface area contributed by atoms with Crippen LogP contribution in [0.15, 0.2) is 27.5 Å². The van der Waals surface area contributed by atoms with Crippen molar-refractivity contribution in [3.8, 4) is 0 Å². The number of aromatic amines is 1. The van der Waals surface area contributed by atoms with Gasteiger partial charge in [-0.05, 0) is 64.9 Å². The first-order valence-electron chi connectivity index (χ1n) is 7.13. The molecular weight excluding hydrogens is 335 g/mol. The summed E-state index contributed by atoms with van der Waals surface area (Å²) < 4.78 is 13.8. The van der Waals surface area contributed by atoms with Gasteiger partial charge < -0.3 is 0 Å². The Bertz CT molecular complexity index is 742. The third-order valence-electron chi connectivity index (χ3n) is 4.18. The summed E-state index contributed by atoms with van der Waals surface area (Å²) in [6.07, 6.45) is 3.86. The number of nitrogens with one attached hydrogen (secondary N) is 1. The molecule has 1 heterocycles. The van der Waals surface area contributed by atoms with Crippen molar-refractivity contribution in [3.05, 3.63) is 61.2 Å². The minimum atomic E-state index is -0.276. The van der Waals surface area contributed by atoms with Gasteiger partial charge in [-0.3, -0.25) is 4.79 Å². The molecule has 110 valence electrons. The maximum atomic E-state index is 13.4. The third kappa shape index (κ3) is 2.67. The molecule has 1 N–H and O–H groups in total. The molecule has 0 saturated carbocycles. The number of fused-ring (bicyclic) bond motifs is 1. The van der Waals surface area contributed by atoms with E-state index in [2.05, 4.69) is 26.1 Å². The first-order chi connectivity index (χ1) is 10.1. The van der Waals surface area contributed by atoms with Crippen molar-refractivity contribution in [2.24, 2.45) is 0 Å². The Kier molecular flexibility index (Phi) is 3.93. The lowest BCUT2D eigenvalue weighted by atomic mass is 9.86. The van der Waals surface area contributed by atoms with Gasteiger partial charge in [0.1, 0.15) is 5.82 Å². The second-order valence-corrected chi connectivity index (χ2v) is 6.35. The van der Waals surface area contributed by atoms with Crippen LogP contribution in [0, 0.1) is 5.82 Å². The zero-order valence-corrected chi connectivity index (χ0v) is 13.3. The van der Waals surface area contributed by atoms with Crippen LogP contribution in [0.2, 0.25) is 0 Å². The zero-order chi connectivity index (χ0) is 15.0. The lowest BCUT2D eigenvalue weighted by Crippen LogP contribution is -2.24. The Morgan fingerprint density at radius 1 is 1.29 bits per heavy atom. The molecule has 0 bridgehead atoms. The van der Waals surface area contributed by atoms with E-state index in [0.29, 0.717) is 4.47 Å². The van der Waals surface area contributed by atoms with Gasteiger partial charge in [0, 0.05) is 11.5 Å². The van der Waals surface area contributed by atoms with Crippen LogP contribution in [-0.4, -0.2) is 10.2 Å². The fourth-order valence-electron chi connectivity index (χ4n) is 2.98. The van der Waals surface area contributed by atoms with Crippen molar-refractivity contribution in [2.45, 2.75) is 38.5 Å². The summed E-state index contributed by atoms with van der Waals surface area (Å²) >= 11 is 3.22. The fourth-order valence-corrected chi connectivity index (χ4v) is 3.38. The summed E-state index contributed by atoms with van der Waals surface area (Å²) in [6.45, 7) is 2.04. The molecule has 21 heavy (non-hydrogen) atoms. The van der Waals surface area contributed by atoms with Crippen molar-refractivity contribution < 1.29 is 4.39 Å². The first kappa shape index (κ1) is 14.4. The number of rotatable bonds is 2. The van der Waals surface area contributed by atoms with E-state index in [-0.39, 0.29) is 17.3 Å². The Balaban J connectivity index is 2.07. The summed E-state index contributed by atoms with van der Waals surface area (Å²) in [5.74, 6) is -0.256. The van der Waals surface area contributed by atoms with Gasteiger partial charge in [0.2, 0.25) is 0 Å². The maximum absolute atomic E-state index is 13.4. The van der Waals surface area contributed by atoms with Crippen molar-refractivity contribution in [1.29, 1.82) is 0 Å². The van der Waals surface area contributed by atoms with Gasteiger partial charge in [0.25, 0.3) is 5.56 Å². The predicted molar refractivity (Wildman–Crippen MR) is 83.1 cm³/mol. The fraction of sp³-hybridized carbons (Fsp3) is 0.375. The van der Waals surface area contributed by atoms with Crippen LogP contribution in [0.4, 0.5) is 4.39 Å². The number of nitrogens with zero attached hydrogens (tertiary/aromatic N) is 1. The topological polar surface area (TPSA) is 45.8 Å². The van der Waals surface area contributed by atoms with Crippen molar-refractivity contribution in [1.82, 2.24) is 10.2 Å². The van der Waals surface area contributed by atoms with Gasteiger partial charge >= 0.3 is 0 Å². The normalized spacial score (nSPS) is 15.6. The minimum absolute atomic E-state index is 0.0191. The second-order valence-electron chi connectivity index (χ2n) is 5.50. The van der Waals surface area contributed by atoms with E-state index in [0.717, 1.165) is 48.1 Å². The second kappa shape index (κ2) is 5.72. The van der Waals surface area contributed by atoms with Gasteiger partial charge in [0.05, 0.1) is 10.2 Å². The monoisotopic (exact) mass is 350 g/mol.